The lowest BCUT2D eigenvalue weighted by molar-refractivity contribution is -0.384. The van der Waals surface area contributed by atoms with E-state index in [1.54, 1.807) is 0 Å². The van der Waals surface area contributed by atoms with Crippen LogP contribution in [-0.4, -0.2) is 55.6 Å². The van der Waals surface area contributed by atoms with Crippen molar-refractivity contribution < 1.29 is 27.6 Å². The predicted octanol–water partition coefficient (Wildman–Crippen LogP) is 3.52. The van der Waals surface area contributed by atoms with Crippen LogP contribution < -0.4 is 5.73 Å². The van der Waals surface area contributed by atoms with Crippen molar-refractivity contribution in [2.75, 3.05) is 19.7 Å². The maximum Gasteiger partial charge on any atom is 0.508 e. The largest absolute Gasteiger partial charge is 0.508 e. The Morgan fingerprint density at radius 2 is 1.77 bits per heavy atom. The van der Waals surface area contributed by atoms with Gasteiger partial charge in [-0.15, -0.1) is 0 Å². The molecule has 2 aromatic carbocycles. The third-order valence-electron chi connectivity index (χ3n) is 5.00. The standard InChI is InChI=1S/C24H31N3O7S/c1-4-14-33-24(28)34-23(22(25)15-19-8-6-5-7-9-19)17-26(16-18(2)3)35(31,32)21-12-10-20(11-13-21)27(29)30/h4-13,18,22-23H,1,14-17,25H2,2-3H3/t22-,23+/m0/s1. The van der Waals surface area contributed by atoms with Gasteiger partial charge in [0.2, 0.25) is 10.0 Å². The lowest BCUT2D eigenvalue weighted by Gasteiger charge is -2.31. The summed E-state index contributed by atoms with van der Waals surface area (Å²) in [4.78, 5) is 22.4. The molecule has 0 aromatic heterocycles. The van der Waals surface area contributed by atoms with Crippen LogP contribution in [0.4, 0.5) is 10.5 Å². The number of hydrogen-bond acceptors (Lipinski definition) is 8. The first-order valence-electron chi connectivity index (χ1n) is 11.0. The van der Waals surface area contributed by atoms with Crippen molar-refractivity contribution in [2.24, 2.45) is 11.7 Å². The van der Waals surface area contributed by atoms with E-state index in [0.717, 1.165) is 17.7 Å². The molecule has 0 radical (unpaired) electrons. The van der Waals surface area contributed by atoms with Gasteiger partial charge in [0.05, 0.1) is 16.4 Å². The van der Waals surface area contributed by atoms with Gasteiger partial charge in [-0.2, -0.15) is 4.31 Å². The van der Waals surface area contributed by atoms with E-state index in [2.05, 4.69) is 6.58 Å². The van der Waals surface area contributed by atoms with Crippen molar-refractivity contribution in [2.45, 2.75) is 37.3 Å². The summed E-state index contributed by atoms with van der Waals surface area (Å²) in [6, 6.07) is 13.2. The summed E-state index contributed by atoms with van der Waals surface area (Å²) in [5.74, 6) is -0.0680. The monoisotopic (exact) mass is 505 g/mol. The van der Waals surface area contributed by atoms with Crippen LogP contribution in [0.2, 0.25) is 0 Å². The Labute approximate surface area is 205 Å². The maximum absolute atomic E-state index is 13.5. The van der Waals surface area contributed by atoms with Gasteiger partial charge in [0, 0.05) is 24.7 Å². The summed E-state index contributed by atoms with van der Waals surface area (Å²) >= 11 is 0. The minimum atomic E-state index is -4.09. The van der Waals surface area contributed by atoms with Gasteiger partial charge in [-0.05, 0) is 30.0 Å². The Bertz CT molecular complexity index is 1090. The molecule has 0 bridgehead atoms. The van der Waals surface area contributed by atoms with Gasteiger partial charge in [-0.25, -0.2) is 13.2 Å². The highest BCUT2D eigenvalue weighted by atomic mass is 32.2. The van der Waals surface area contributed by atoms with E-state index in [4.69, 9.17) is 15.2 Å². The number of ether oxygens (including phenoxy) is 2. The van der Waals surface area contributed by atoms with Crippen molar-refractivity contribution >= 4 is 21.9 Å². The van der Waals surface area contributed by atoms with Crippen LogP contribution in [0.5, 0.6) is 0 Å². The fraction of sp³-hybridized carbons (Fsp3) is 0.375. The van der Waals surface area contributed by atoms with E-state index in [1.807, 2.05) is 44.2 Å². The first-order valence-corrected chi connectivity index (χ1v) is 12.5. The molecule has 0 fully saturated rings. The lowest BCUT2D eigenvalue weighted by atomic mass is 10.0. The minimum absolute atomic E-state index is 0.0680. The number of hydrogen-bond donors (Lipinski definition) is 1. The number of carbonyl (C=O) groups is 1. The number of nitrogens with zero attached hydrogens (tertiary/aromatic N) is 2. The van der Waals surface area contributed by atoms with Gasteiger partial charge in [-0.1, -0.05) is 56.8 Å². The third kappa shape index (κ3) is 8.46. The Morgan fingerprint density at radius 3 is 2.31 bits per heavy atom. The van der Waals surface area contributed by atoms with Gasteiger partial charge in [0.15, 0.2) is 0 Å². The lowest BCUT2D eigenvalue weighted by Crippen LogP contribution is -2.49. The van der Waals surface area contributed by atoms with Gasteiger partial charge in [0.25, 0.3) is 5.69 Å². The Morgan fingerprint density at radius 1 is 1.14 bits per heavy atom. The molecule has 0 saturated carbocycles. The molecule has 190 valence electrons. The summed E-state index contributed by atoms with van der Waals surface area (Å²) in [6.07, 6.45) is -0.313. The Kier molecular flexibility index (Phi) is 10.4. The summed E-state index contributed by atoms with van der Waals surface area (Å²) in [6.45, 7) is 6.98. The number of nitro groups is 1. The number of carbonyl (C=O) groups excluding carboxylic acids is 1. The third-order valence-corrected chi connectivity index (χ3v) is 6.84. The molecule has 35 heavy (non-hydrogen) atoms. The highest BCUT2D eigenvalue weighted by Crippen LogP contribution is 2.22. The van der Waals surface area contributed by atoms with Crippen molar-refractivity contribution in [3.05, 3.63) is 82.9 Å². The van der Waals surface area contributed by atoms with E-state index in [1.165, 1.54) is 22.5 Å². The normalized spacial score (nSPS) is 13.3. The highest BCUT2D eigenvalue weighted by Gasteiger charge is 2.33. The van der Waals surface area contributed by atoms with Crippen LogP contribution in [0.3, 0.4) is 0 Å². The number of non-ortho nitro benzene ring substituents is 1. The molecule has 0 spiro atoms. The quantitative estimate of drug-likeness (QED) is 0.189. The minimum Gasteiger partial charge on any atom is -0.430 e. The number of nitrogens with two attached hydrogens (primary N) is 1. The van der Waals surface area contributed by atoms with Crippen molar-refractivity contribution in [3.8, 4) is 0 Å². The summed E-state index contributed by atoms with van der Waals surface area (Å²) in [5.41, 5.74) is 7.06. The molecule has 2 atom stereocenters. The van der Waals surface area contributed by atoms with Crippen LogP contribution in [0.1, 0.15) is 19.4 Å². The molecule has 2 N–H and O–H groups in total. The van der Waals surface area contributed by atoms with Crippen LogP contribution in [-0.2, 0) is 25.9 Å². The van der Waals surface area contributed by atoms with E-state index >= 15 is 0 Å². The zero-order valence-corrected chi connectivity index (χ0v) is 20.6. The Hall–Kier alpha value is -3.28. The number of benzene rings is 2. The zero-order valence-electron chi connectivity index (χ0n) is 19.8. The van der Waals surface area contributed by atoms with Crippen LogP contribution >= 0.6 is 0 Å². The van der Waals surface area contributed by atoms with Crippen molar-refractivity contribution in [3.63, 3.8) is 0 Å². The van der Waals surface area contributed by atoms with Gasteiger partial charge in [-0.3, -0.25) is 10.1 Å². The van der Waals surface area contributed by atoms with E-state index in [0.29, 0.717) is 6.42 Å². The van der Waals surface area contributed by atoms with Crippen LogP contribution in [0.25, 0.3) is 0 Å². The molecule has 0 heterocycles. The second-order valence-electron chi connectivity index (χ2n) is 8.33. The molecule has 2 rings (SSSR count). The second kappa shape index (κ2) is 13.0. The first-order chi connectivity index (χ1) is 16.5. The average Bonchev–Trinajstić information content (AvgIpc) is 2.82. The van der Waals surface area contributed by atoms with Crippen molar-refractivity contribution in [1.82, 2.24) is 4.31 Å². The topological polar surface area (TPSA) is 142 Å². The molecule has 0 aliphatic carbocycles. The second-order valence-corrected chi connectivity index (χ2v) is 10.3. The summed E-state index contributed by atoms with van der Waals surface area (Å²) in [5, 5.41) is 11.0. The van der Waals surface area contributed by atoms with Crippen LogP contribution in [0.15, 0.2) is 72.1 Å². The maximum atomic E-state index is 13.5. The van der Waals surface area contributed by atoms with E-state index < -0.39 is 33.2 Å². The van der Waals surface area contributed by atoms with E-state index in [9.17, 15) is 23.3 Å². The summed E-state index contributed by atoms with van der Waals surface area (Å²) in [7, 11) is -4.09. The molecule has 10 nitrogen and oxygen atoms in total. The number of nitro benzene ring substituents is 1. The molecule has 0 aliphatic heterocycles. The van der Waals surface area contributed by atoms with Gasteiger partial charge >= 0.3 is 6.16 Å². The molecular weight excluding hydrogens is 474 g/mol. The molecule has 0 unspecified atom stereocenters. The molecule has 11 heteroatoms. The van der Waals surface area contributed by atoms with E-state index in [-0.39, 0.29) is 36.2 Å². The average molecular weight is 506 g/mol. The predicted molar refractivity (Wildman–Crippen MR) is 131 cm³/mol. The first kappa shape index (κ1) is 28.0. The SMILES string of the molecule is C=CCOC(=O)O[C@H](CN(CC(C)C)S(=O)(=O)c1ccc([N+](=O)[O-])cc1)[C@@H](N)Cc1ccccc1. The molecule has 0 aliphatic rings. The zero-order chi connectivity index (χ0) is 26.0. The molecule has 0 saturated heterocycles. The fourth-order valence-corrected chi connectivity index (χ4v) is 4.95. The molecular formula is C24H31N3O7S. The smallest absolute Gasteiger partial charge is 0.430 e. The van der Waals surface area contributed by atoms with Crippen LogP contribution in [0, 0.1) is 16.0 Å². The highest BCUT2D eigenvalue weighted by molar-refractivity contribution is 7.89. The van der Waals surface area contributed by atoms with Crippen molar-refractivity contribution in [1.29, 1.82) is 0 Å². The number of rotatable bonds is 13. The summed E-state index contributed by atoms with van der Waals surface area (Å²) < 4.78 is 38.5. The molecule has 2 aromatic rings. The van der Waals surface area contributed by atoms with Gasteiger partial charge < -0.3 is 15.2 Å². The Balaban J connectivity index is 2.35. The molecule has 0 amide bonds. The fourth-order valence-electron chi connectivity index (χ4n) is 3.33. The number of sulfonamides is 1. The van der Waals surface area contributed by atoms with Gasteiger partial charge in [0.1, 0.15) is 12.7 Å².